The minimum Gasteiger partial charge on any atom is -0.399 e. The second-order valence-electron chi connectivity index (χ2n) is 7.68. The van der Waals surface area contributed by atoms with Crippen molar-refractivity contribution in [2.75, 3.05) is 0 Å². The summed E-state index contributed by atoms with van der Waals surface area (Å²) in [5, 5.41) is 4.63. The van der Waals surface area contributed by atoms with E-state index < -0.39 is 0 Å². The number of halogens is 3. The van der Waals surface area contributed by atoms with Crippen LogP contribution in [0.2, 0.25) is 10.0 Å². The first kappa shape index (κ1) is 25.1. The van der Waals surface area contributed by atoms with Crippen molar-refractivity contribution in [3.8, 4) is 0 Å². The highest BCUT2D eigenvalue weighted by atomic mass is 35.5. The number of amides is 1. The molecule has 0 heterocycles. The molecule has 164 valence electrons. The lowest BCUT2D eigenvalue weighted by Crippen LogP contribution is -2.25. The molecule has 0 radical (unpaired) electrons. The van der Waals surface area contributed by atoms with Crippen LogP contribution >= 0.6 is 34.8 Å². The zero-order valence-electron chi connectivity index (χ0n) is 17.8. The van der Waals surface area contributed by atoms with E-state index in [1.807, 2.05) is 49.4 Å². The van der Waals surface area contributed by atoms with Crippen LogP contribution in [-0.2, 0) is 17.8 Å². The van der Waals surface area contributed by atoms with Crippen molar-refractivity contribution in [3.05, 3.63) is 98.5 Å². The van der Waals surface area contributed by atoms with Gasteiger partial charge in [0.2, 0.25) is 0 Å². The minimum absolute atomic E-state index is 0.129. The molecule has 1 amide bonds. The molecule has 2 rings (SSSR count). The number of nitrogens with one attached hydrogen (secondary N) is 1. The van der Waals surface area contributed by atoms with Crippen molar-refractivity contribution in [2.24, 2.45) is 11.7 Å². The fourth-order valence-electron chi connectivity index (χ4n) is 3.21. The fourth-order valence-corrected chi connectivity index (χ4v) is 4.27. The number of hydrogen-bond donors (Lipinski definition) is 2. The lowest BCUT2D eigenvalue weighted by molar-refractivity contribution is -0.117. The first-order valence-corrected chi connectivity index (χ1v) is 11.0. The lowest BCUT2D eigenvalue weighted by atomic mass is 9.95. The Labute approximate surface area is 199 Å². The van der Waals surface area contributed by atoms with Gasteiger partial charge >= 0.3 is 0 Å². The van der Waals surface area contributed by atoms with E-state index in [0.29, 0.717) is 51.3 Å². The van der Waals surface area contributed by atoms with Gasteiger partial charge in [-0.05, 0) is 60.1 Å². The van der Waals surface area contributed by atoms with Crippen molar-refractivity contribution in [3.63, 3.8) is 0 Å². The zero-order chi connectivity index (χ0) is 23.1. The van der Waals surface area contributed by atoms with Crippen LogP contribution < -0.4 is 11.1 Å². The normalized spacial score (nSPS) is 12.7. The van der Waals surface area contributed by atoms with E-state index in [2.05, 4.69) is 18.5 Å². The van der Waals surface area contributed by atoms with E-state index in [9.17, 15) is 4.79 Å². The molecule has 0 aliphatic carbocycles. The summed E-state index contributed by atoms with van der Waals surface area (Å²) >= 11 is 19.1. The highest BCUT2D eigenvalue weighted by Crippen LogP contribution is 2.31. The standard InChI is InChI=1S/C25H27Cl3N2O/c1-15(2)24(25(31)30-14-18-8-10-19(11-9-18)17(4)29)23(28)13-16(3)12-20-21(26)6-5-7-22(20)27/h5-11,16H,1,4,12-14,29H2,2-3H3,(H,30,31)/b24-23-. The molecule has 3 nitrogen and oxygen atoms in total. The Kier molecular flexibility index (Phi) is 9.24. The molecule has 3 N–H and O–H groups in total. The number of rotatable bonds is 9. The van der Waals surface area contributed by atoms with E-state index in [1.54, 1.807) is 6.92 Å². The van der Waals surface area contributed by atoms with Gasteiger partial charge in [0.25, 0.3) is 5.91 Å². The van der Waals surface area contributed by atoms with Crippen LogP contribution in [0.1, 0.15) is 37.0 Å². The number of benzene rings is 2. The number of carbonyl (C=O) groups is 1. The Morgan fingerprint density at radius 1 is 1.10 bits per heavy atom. The smallest absolute Gasteiger partial charge is 0.252 e. The highest BCUT2D eigenvalue weighted by molar-refractivity contribution is 6.36. The quantitative estimate of drug-likeness (QED) is 0.305. The molecule has 0 fully saturated rings. The van der Waals surface area contributed by atoms with Gasteiger partial charge in [0, 0.05) is 27.3 Å². The first-order valence-electron chi connectivity index (χ1n) is 9.89. The number of hydrogen-bond acceptors (Lipinski definition) is 2. The third kappa shape index (κ3) is 7.17. The molecule has 6 heteroatoms. The third-order valence-corrected chi connectivity index (χ3v) is 5.90. The molecular formula is C25H27Cl3N2O. The minimum atomic E-state index is -0.257. The highest BCUT2D eigenvalue weighted by Gasteiger charge is 2.18. The van der Waals surface area contributed by atoms with Crippen LogP contribution in [0, 0.1) is 5.92 Å². The molecule has 0 aliphatic heterocycles. The summed E-state index contributed by atoms with van der Waals surface area (Å²) < 4.78 is 0. The number of nitrogens with two attached hydrogens (primary N) is 1. The van der Waals surface area contributed by atoms with Crippen molar-refractivity contribution < 1.29 is 4.79 Å². The fraction of sp³-hybridized carbons (Fsp3) is 0.240. The van der Waals surface area contributed by atoms with Gasteiger partial charge in [0.15, 0.2) is 0 Å². The van der Waals surface area contributed by atoms with Gasteiger partial charge in [0.1, 0.15) is 0 Å². The predicted molar refractivity (Wildman–Crippen MR) is 133 cm³/mol. The molecular weight excluding hydrogens is 451 g/mol. The third-order valence-electron chi connectivity index (χ3n) is 4.84. The molecule has 31 heavy (non-hydrogen) atoms. The molecule has 0 aromatic heterocycles. The van der Waals surface area contributed by atoms with Crippen LogP contribution in [-0.4, -0.2) is 5.91 Å². The van der Waals surface area contributed by atoms with Crippen LogP contribution in [0.4, 0.5) is 0 Å². The van der Waals surface area contributed by atoms with Crippen LogP contribution in [0.15, 0.2) is 71.8 Å². The molecule has 0 bridgehead atoms. The van der Waals surface area contributed by atoms with Crippen LogP contribution in [0.3, 0.4) is 0 Å². The molecule has 1 unspecified atom stereocenters. The van der Waals surface area contributed by atoms with Crippen molar-refractivity contribution in [1.82, 2.24) is 5.32 Å². The SMILES string of the molecule is C=C(C)/C(C(=O)NCc1ccc(C(=C)N)cc1)=C(/Cl)CC(C)Cc1c(Cl)cccc1Cl. The summed E-state index contributed by atoms with van der Waals surface area (Å²) in [5.74, 6) is -0.128. The van der Waals surface area contributed by atoms with Gasteiger partial charge in [-0.2, -0.15) is 0 Å². The van der Waals surface area contributed by atoms with Gasteiger partial charge < -0.3 is 11.1 Å². The maximum atomic E-state index is 12.8. The zero-order valence-corrected chi connectivity index (χ0v) is 20.0. The topological polar surface area (TPSA) is 55.1 Å². The van der Waals surface area contributed by atoms with Gasteiger partial charge in [-0.3, -0.25) is 4.79 Å². The second-order valence-corrected chi connectivity index (χ2v) is 8.95. The van der Waals surface area contributed by atoms with Gasteiger partial charge in [0.05, 0.1) is 5.57 Å². The van der Waals surface area contributed by atoms with Crippen molar-refractivity contribution >= 4 is 46.4 Å². The van der Waals surface area contributed by atoms with Gasteiger partial charge in [-0.1, -0.05) is 85.2 Å². The van der Waals surface area contributed by atoms with Crippen molar-refractivity contribution in [1.29, 1.82) is 0 Å². The predicted octanol–water partition coefficient (Wildman–Crippen LogP) is 6.88. The first-order chi connectivity index (χ1) is 14.6. The number of allylic oxidation sites excluding steroid dienone is 1. The molecule has 2 aromatic carbocycles. The Morgan fingerprint density at radius 3 is 2.19 bits per heavy atom. The maximum Gasteiger partial charge on any atom is 0.252 e. The summed E-state index contributed by atoms with van der Waals surface area (Å²) in [6.07, 6.45) is 1.16. The largest absolute Gasteiger partial charge is 0.399 e. The maximum absolute atomic E-state index is 12.8. The Morgan fingerprint density at radius 2 is 1.68 bits per heavy atom. The van der Waals surface area contributed by atoms with E-state index in [-0.39, 0.29) is 11.8 Å². The Hall–Kier alpha value is -2.20. The monoisotopic (exact) mass is 476 g/mol. The summed E-state index contributed by atoms with van der Waals surface area (Å²) in [4.78, 5) is 12.8. The van der Waals surface area contributed by atoms with E-state index in [0.717, 1.165) is 16.7 Å². The molecule has 1 atom stereocenters. The average Bonchev–Trinajstić information content (AvgIpc) is 2.69. The Bertz CT molecular complexity index is 990. The molecule has 0 aliphatic rings. The summed E-state index contributed by atoms with van der Waals surface area (Å²) in [6, 6.07) is 13.0. The summed E-state index contributed by atoms with van der Waals surface area (Å²) in [6.45, 7) is 11.8. The van der Waals surface area contributed by atoms with E-state index in [4.69, 9.17) is 40.5 Å². The van der Waals surface area contributed by atoms with Gasteiger partial charge in [-0.15, -0.1) is 0 Å². The van der Waals surface area contributed by atoms with E-state index >= 15 is 0 Å². The molecule has 0 saturated carbocycles. The molecule has 0 spiro atoms. The second kappa shape index (κ2) is 11.4. The Balaban J connectivity index is 2.08. The van der Waals surface area contributed by atoms with Gasteiger partial charge in [-0.25, -0.2) is 0 Å². The number of carbonyl (C=O) groups excluding carboxylic acids is 1. The van der Waals surface area contributed by atoms with E-state index in [1.165, 1.54) is 0 Å². The summed E-state index contributed by atoms with van der Waals surface area (Å²) in [7, 11) is 0. The van der Waals surface area contributed by atoms with Crippen molar-refractivity contribution in [2.45, 2.75) is 33.2 Å². The summed E-state index contributed by atoms with van der Waals surface area (Å²) in [5.41, 5.74) is 9.89. The lowest BCUT2D eigenvalue weighted by Gasteiger charge is -2.16. The van der Waals surface area contributed by atoms with Crippen LogP contribution in [0.25, 0.3) is 5.70 Å². The molecule has 2 aromatic rings. The molecule has 0 saturated heterocycles. The average molecular weight is 478 g/mol. The van der Waals surface area contributed by atoms with Crippen LogP contribution in [0.5, 0.6) is 0 Å².